The van der Waals surface area contributed by atoms with Crippen molar-refractivity contribution in [3.8, 4) is 11.5 Å². The Morgan fingerprint density at radius 3 is 2.70 bits per heavy atom. The van der Waals surface area contributed by atoms with Gasteiger partial charge in [-0.2, -0.15) is 0 Å². The molecule has 0 aromatic heterocycles. The topological polar surface area (TPSA) is 39.7 Å². The first-order chi connectivity index (χ1) is 9.86. The third-order valence-electron chi connectivity index (χ3n) is 4.18. The molecule has 1 N–H and O–H groups in total. The Bertz CT molecular complexity index is 437. The van der Waals surface area contributed by atoms with E-state index in [-0.39, 0.29) is 6.10 Å². The van der Waals surface area contributed by atoms with Crippen LogP contribution in [0.15, 0.2) is 18.2 Å². The standard InChI is InChI=1S/C16H23NO3/c1-18-16-10-13(12-4-7-17-8-5-12)2-3-15(16)20-14-6-9-19-11-14/h2-3,10,12,14,17H,4-9,11H2,1H3. The molecule has 0 saturated carbocycles. The molecule has 2 fully saturated rings. The minimum atomic E-state index is 0.161. The Kier molecular flexibility index (Phi) is 4.43. The normalized spacial score (nSPS) is 23.8. The van der Waals surface area contributed by atoms with Gasteiger partial charge >= 0.3 is 0 Å². The number of ether oxygens (including phenoxy) is 3. The van der Waals surface area contributed by atoms with E-state index in [9.17, 15) is 0 Å². The molecule has 0 bridgehead atoms. The number of hydrogen-bond acceptors (Lipinski definition) is 4. The molecule has 2 aliphatic rings. The average molecular weight is 277 g/mol. The minimum absolute atomic E-state index is 0.161. The van der Waals surface area contributed by atoms with Gasteiger partial charge in [0.25, 0.3) is 0 Å². The lowest BCUT2D eigenvalue weighted by Crippen LogP contribution is -2.26. The number of rotatable bonds is 4. The lowest BCUT2D eigenvalue weighted by molar-refractivity contribution is 0.138. The number of piperidine rings is 1. The van der Waals surface area contributed by atoms with Gasteiger partial charge in [-0.25, -0.2) is 0 Å². The Hall–Kier alpha value is -1.26. The van der Waals surface area contributed by atoms with Gasteiger partial charge in [-0.15, -0.1) is 0 Å². The molecule has 1 aromatic rings. The Labute approximate surface area is 120 Å². The second kappa shape index (κ2) is 6.46. The van der Waals surface area contributed by atoms with Crippen LogP contribution in [0, 0.1) is 0 Å². The summed E-state index contributed by atoms with van der Waals surface area (Å²) in [6.45, 7) is 3.68. The highest BCUT2D eigenvalue weighted by Crippen LogP contribution is 2.34. The Balaban J connectivity index is 1.74. The second-order valence-corrected chi connectivity index (χ2v) is 5.54. The summed E-state index contributed by atoms with van der Waals surface area (Å²) in [7, 11) is 1.71. The van der Waals surface area contributed by atoms with Crippen molar-refractivity contribution in [2.24, 2.45) is 0 Å². The molecule has 2 heterocycles. The van der Waals surface area contributed by atoms with E-state index in [2.05, 4.69) is 23.5 Å². The number of benzene rings is 1. The van der Waals surface area contributed by atoms with E-state index in [1.54, 1.807) is 7.11 Å². The maximum Gasteiger partial charge on any atom is 0.161 e. The first kappa shape index (κ1) is 13.7. The number of methoxy groups -OCH3 is 1. The van der Waals surface area contributed by atoms with E-state index in [0.717, 1.165) is 37.6 Å². The summed E-state index contributed by atoms with van der Waals surface area (Å²) in [5.41, 5.74) is 1.36. The van der Waals surface area contributed by atoms with E-state index >= 15 is 0 Å². The van der Waals surface area contributed by atoms with Crippen molar-refractivity contribution >= 4 is 0 Å². The highest BCUT2D eigenvalue weighted by Gasteiger charge is 2.21. The molecule has 1 atom stereocenters. The summed E-state index contributed by atoms with van der Waals surface area (Å²) in [5, 5.41) is 3.40. The highest BCUT2D eigenvalue weighted by atomic mass is 16.6. The molecular weight excluding hydrogens is 254 g/mol. The fourth-order valence-electron chi connectivity index (χ4n) is 2.98. The van der Waals surface area contributed by atoms with Crippen LogP contribution in [0.5, 0.6) is 11.5 Å². The van der Waals surface area contributed by atoms with Crippen LogP contribution in [0.1, 0.15) is 30.7 Å². The van der Waals surface area contributed by atoms with Crippen LogP contribution in [-0.4, -0.2) is 39.5 Å². The monoisotopic (exact) mass is 277 g/mol. The van der Waals surface area contributed by atoms with Crippen molar-refractivity contribution in [3.63, 3.8) is 0 Å². The van der Waals surface area contributed by atoms with Gasteiger partial charge in [-0.1, -0.05) is 6.07 Å². The van der Waals surface area contributed by atoms with Gasteiger partial charge in [0.2, 0.25) is 0 Å². The molecule has 2 saturated heterocycles. The lowest BCUT2D eigenvalue weighted by atomic mass is 9.90. The zero-order chi connectivity index (χ0) is 13.8. The Morgan fingerprint density at radius 1 is 1.15 bits per heavy atom. The van der Waals surface area contributed by atoms with Gasteiger partial charge in [-0.3, -0.25) is 0 Å². The summed E-state index contributed by atoms with van der Waals surface area (Å²) in [5.74, 6) is 2.31. The van der Waals surface area contributed by atoms with Gasteiger partial charge < -0.3 is 19.5 Å². The molecule has 1 unspecified atom stereocenters. The first-order valence-electron chi connectivity index (χ1n) is 7.50. The summed E-state index contributed by atoms with van der Waals surface area (Å²) >= 11 is 0. The zero-order valence-corrected chi connectivity index (χ0v) is 12.1. The third-order valence-corrected chi connectivity index (χ3v) is 4.18. The molecule has 2 aliphatic heterocycles. The molecule has 1 aromatic carbocycles. The molecule has 0 aliphatic carbocycles. The van der Waals surface area contributed by atoms with Crippen molar-refractivity contribution in [1.29, 1.82) is 0 Å². The quantitative estimate of drug-likeness (QED) is 0.917. The first-order valence-corrected chi connectivity index (χ1v) is 7.50. The highest BCUT2D eigenvalue weighted by molar-refractivity contribution is 5.44. The fraction of sp³-hybridized carbons (Fsp3) is 0.625. The molecule has 110 valence electrons. The van der Waals surface area contributed by atoms with Crippen molar-refractivity contribution in [2.75, 3.05) is 33.4 Å². The molecule has 0 amide bonds. The van der Waals surface area contributed by atoms with E-state index in [1.165, 1.54) is 18.4 Å². The lowest BCUT2D eigenvalue weighted by Gasteiger charge is -2.24. The molecule has 0 spiro atoms. The van der Waals surface area contributed by atoms with Crippen LogP contribution in [-0.2, 0) is 4.74 Å². The van der Waals surface area contributed by atoms with Crippen LogP contribution in [0.25, 0.3) is 0 Å². The second-order valence-electron chi connectivity index (χ2n) is 5.54. The molecule has 3 rings (SSSR count). The van der Waals surface area contributed by atoms with Gasteiger partial charge in [0, 0.05) is 6.42 Å². The van der Waals surface area contributed by atoms with Gasteiger partial charge in [0.05, 0.1) is 20.3 Å². The smallest absolute Gasteiger partial charge is 0.161 e. The molecule has 0 radical (unpaired) electrons. The number of hydrogen-bond donors (Lipinski definition) is 1. The predicted octanol–water partition coefficient (Wildman–Crippen LogP) is 2.33. The van der Waals surface area contributed by atoms with Crippen LogP contribution >= 0.6 is 0 Å². The minimum Gasteiger partial charge on any atom is -0.493 e. The zero-order valence-electron chi connectivity index (χ0n) is 12.1. The van der Waals surface area contributed by atoms with Crippen LogP contribution in [0.4, 0.5) is 0 Å². The SMILES string of the molecule is COc1cc(C2CCNCC2)ccc1OC1CCOC1. The summed E-state index contributed by atoms with van der Waals surface area (Å²) in [6, 6.07) is 6.37. The largest absolute Gasteiger partial charge is 0.493 e. The molecule has 20 heavy (non-hydrogen) atoms. The van der Waals surface area contributed by atoms with Gasteiger partial charge in [-0.05, 0) is 49.5 Å². The maximum atomic E-state index is 5.98. The van der Waals surface area contributed by atoms with Gasteiger partial charge in [0.15, 0.2) is 11.5 Å². The average Bonchev–Trinajstić information content (AvgIpc) is 3.01. The Morgan fingerprint density at radius 2 is 2.00 bits per heavy atom. The van der Waals surface area contributed by atoms with E-state index in [1.807, 2.05) is 0 Å². The van der Waals surface area contributed by atoms with Crippen LogP contribution in [0.2, 0.25) is 0 Å². The van der Waals surface area contributed by atoms with Crippen molar-refractivity contribution < 1.29 is 14.2 Å². The van der Waals surface area contributed by atoms with E-state index < -0.39 is 0 Å². The fourth-order valence-corrected chi connectivity index (χ4v) is 2.98. The van der Waals surface area contributed by atoms with Gasteiger partial charge in [0.1, 0.15) is 6.10 Å². The third kappa shape index (κ3) is 3.07. The van der Waals surface area contributed by atoms with E-state index in [4.69, 9.17) is 14.2 Å². The summed E-state index contributed by atoms with van der Waals surface area (Å²) in [6.07, 6.45) is 3.51. The molecule has 4 nitrogen and oxygen atoms in total. The van der Waals surface area contributed by atoms with Crippen molar-refractivity contribution in [1.82, 2.24) is 5.32 Å². The molecule has 4 heteroatoms. The maximum absolute atomic E-state index is 5.98. The summed E-state index contributed by atoms with van der Waals surface area (Å²) in [4.78, 5) is 0. The number of nitrogens with one attached hydrogen (secondary N) is 1. The molecular formula is C16H23NO3. The van der Waals surface area contributed by atoms with Crippen molar-refractivity contribution in [3.05, 3.63) is 23.8 Å². The van der Waals surface area contributed by atoms with Crippen molar-refractivity contribution in [2.45, 2.75) is 31.3 Å². The van der Waals surface area contributed by atoms with E-state index in [0.29, 0.717) is 12.5 Å². The van der Waals surface area contributed by atoms with Crippen LogP contribution in [0.3, 0.4) is 0 Å². The predicted molar refractivity (Wildman–Crippen MR) is 77.7 cm³/mol. The summed E-state index contributed by atoms with van der Waals surface area (Å²) < 4.78 is 16.8. The van der Waals surface area contributed by atoms with Crippen LogP contribution < -0.4 is 14.8 Å².